The van der Waals surface area contributed by atoms with Crippen LogP contribution in [0.15, 0.2) is 48.5 Å². The Labute approximate surface area is 256 Å². The van der Waals surface area contributed by atoms with Gasteiger partial charge in [0.05, 0.1) is 6.61 Å². The number of carbonyl (C=O) groups excluding carboxylic acids is 2. The van der Waals surface area contributed by atoms with Crippen LogP contribution >= 0.6 is 0 Å². The Hall–Kier alpha value is -3.55. The fraction of sp³-hybridized carbons (Fsp3) is 0.531. The molecule has 2 aliphatic heterocycles. The lowest BCUT2D eigenvalue weighted by atomic mass is 9.98. The number of hydrogen-bond acceptors (Lipinski definition) is 9. The third-order valence-corrected chi connectivity index (χ3v) is 8.04. The van der Waals surface area contributed by atoms with Crippen LogP contribution in [0.4, 0.5) is 4.79 Å². The number of carboxylic acid groups (broad SMARTS) is 1. The minimum absolute atomic E-state index is 0.0326. The number of ether oxygens (including phenoxy) is 5. The van der Waals surface area contributed by atoms with Gasteiger partial charge < -0.3 is 44.5 Å². The van der Waals surface area contributed by atoms with Crippen LogP contribution in [-0.4, -0.2) is 90.0 Å². The molecular weight excluding hydrogens is 572 g/mol. The van der Waals surface area contributed by atoms with Crippen molar-refractivity contribution in [2.45, 2.75) is 88.5 Å². The number of aliphatic carboxylic acids is 1. The Morgan fingerprint density at radius 2 is 1.59 bits per heavy atom. The molecule has 0 radical (unpaired) electrons. The number of carboxylic acids is 1. The lowest BCUT2D eigenvalue weighted by Crippen LogP contribution is -2.48. The van der Waals surface area contributed by atoms with Crippen LogP contribution in [-0.2, 0) is 33.3 Å². The number of rotatable bonds is 11. The van der Waals surface area contributed by atoms with Gasteiger partial charge in [-0.3, -0.25) is 4.79 Å². The zero-order chi connectivity index (χ0) is 31.6. The van der Waals surface area contributed by atoms with Gasteiger partial charge in [-0.2, -0.15) is 0 Å². The molecule has 3 aliphatic rings. The number of amides is 2. The van der Waals surface area contributed by atoms with Crippen molar-refractivity contribution in [1.82, 2.24) is 10.6 Å². The molecule has 2 amide bonds. The average Bonchev–Trinajstić information content (AvgIpc) is 3.62. The molecule has 44 heavy (non-hydrogen) atoms. The second-order valence-corrected chi connectivity index (χ2v) is 12.2. The van der Waals surface area contributed by atoms with Crippen LogP contribution in [0.3, 0.4) is 0 Å². The average molecular weight is 613 g/mol. The van der Waals surface area contributed by atoms with Crippen LogP contribution in [0.25, 0.3) is 11.1 Å². The van der Waals surface area contributed by atoms with Crippen LogP contribution in [0.1, 0.15) is 57.6 Å². The monoisotopic (exact) mass is 612 g/mol. The van der Waals surface area contributed by atoms with E-state index in [1.54, 1.807) is 27.7 Å². The number of benzene rings is 2. The molecule has 1 aliphatic carbocycles. The molecule has 2 fully saturated rings. The number of alkyl carbamates (subject to hydrolysis) is 1. The fourth-order valence-electron chi connectivity index (χ4n) is 6.02. The highest BCUT2D eigenvalue weighted by Crippen LogP contribution is 2.44. The molecule has 12 nitrogen and oxygen atoms in total. The predicted molar refractivity (Wildman–Crippen MR) is 157 cm³/mol. The van der Waals surface area contributed by atoms with Crippen LogP contribution in [0.2, 0.25) is 0 Å². The first-order chi connectivity index (χ1) is 20.8. The molecule has 2 aromatic rings. The summed E-state index contributed by atoms with van der Waals surface area (Å²) in [7, 11) is 0. The zero-order valence-corrected chi connectivity index (χ0v) is 25.3. The van der Waals surface area contributed by atoms with Gasteiger partial charge in [0.25, 0.3) is 0 Å². The molecule has 5 rings (SSSR count). The van der Waals surface area contributed by atoms with Crippen LogP contribution in [0.5, 0.6) is 0 Å². The molecule has 238 valence electrons. The summed E-state index contributed by atoms with van der Waals surface area (Å²) in [4.78, 5) is 37.0. The third-order valence-electron chi connectivity index (χ3n) is 8.04. The van der Waals surface area contributed by atoms with Gasteiger partial charge in [0.2, 0.25) is 5.91 Å². The maximum Gasteiger partial charge on any atom is 0.407 e. The number of aliphatic hydroxyl groups excluding tert-OH is 1. The largest absolute Gasteiger partial charge is 0.480 e. The molecule has 0 unspecified atom stereocenters. The second kappa shape index (κ2) is 12.8. The summed E-state index contributed by atoms with van der Waals surface area (Å²) in [5.74, 6) is -3.74. The second-order valence-electron chi connectivity index (χ2n) is 12.2. The van der Waals surface area contributed by atoms with Crippen molar-refractivity contribution < 1.29 is 48.3 Å². The van der Waals surface area contributed by atoms with Gasteiger partial charge in [0.1, 0.15) is 37.1 Å². The van der Waals surface area contributed by atoms with Crippen molar-refractivity contribution in [3.05, 3.63) is 59.7 Å². The Morgan fingerprint density at radius 1 is 0.955 bits per heavy atom. The molecule has 12 heteroatoms. The van der Waals surface area contributed by atoms with Crippen LogP contribution in [0, 0.1) is 0 Å². The van der Waals surface area contributed by atoms with Gasteiger partial charge in [-0.1, -0.05) is 48.5 Å². The molecule has 2 heterocycles. The number of aliphatic hydroxyl groups is 1. The van der Waals surface area contributed by atoms with Crippen molar-refractivity contribution in [1.29, 1.82) is 0 Å². The van der Waals surface area contributed by atoms with Crippen molar-refractivity contribution >= 4 is 18.0 Å². The number of nitrogens with one attached hydrogen (secondary N) is 2. The minimum Gasteiger partial charge on any atom is -0.480 e. The smallest absolute Gasteiger partial charge is 0.407 e. The number of carbonyl (C=O) groups is 3. The quantitative estimate of drug-likeness (QED) is 0.297. The standard InChI is InChI=1S/C32H40N2O10/c1-31(2)41-17-25(42-31)28-27(43-32(3,4)44-28)24(35)15-33-26(36)14-13-23(29(37)38)34-30(39)40-16-22-20-11-7-5-9-18(20)19-10-6-8-12-21(19)22/h5-12,22-25,27-28,35H,13-17H2,1-4H3,(H,33,36)(H,34,39)(H,37,38)/t23-,24-,25+,27+,28+/m0/s1. The molecular formula is C32H40N2O10. The van der Waals surface area contributed by atoms with Gasteiger partial charge in [0, 0.05) is 18.9 Å². The van der Waals surface area contributed by atoms with Crippen molar-refractivity contribution in [3.8, 4) is 11.1 Å². The highest BCUT2D eigenvalue weighted by Gasteiger charge is 2.52. The van der Waals surface area contributed by atoms with E-state index in [1.807, 2.05) is 48.5 Å². The topological polar surface area (TPSA) is 162 Å². The molecule has 2 aromatic carbocycles. The summed E-state index contributed by atoms with van der Waals surface area (Å²) in [5, 5.41) is 25.5. The van der Waals surface area contributed by atoms with Gasteiger partial charge in [-0.05, 0) is 56.4 Å². The molecule has 5 atom stereocenters. The first kappa shape index (κ1) is 31.9. The summed E-state index contributed by atoms with van der Waals surface area (Å²) in [6.07, 6.45) is -4.30. The molecule has 0 spiro atoms. The summed E-state index contributed by atoms with van der Waals surface area (Å²) < 4.78 is 28.9. The molecule has 2 saturated heterocycles. The Kier molecular flexibility index (Phi) is 9.28. The van der Waals surface area contributed by atoms with Gasteiger partial charge in [0.15, 0.2) is 11.6 Å². The molecule has 4 N–H and O–H groups in total. The highest BCUT2D eigenvalue weighted by atomic mass is 16.8. The molecule has 0 aromatic heterocycles. The van der Waals surface area contributed by atoms with E-state index in [0.717, 1.165) is 22.3 Å². The van der Waals surface area contributed by atoms with Crippen LogP contribution < -0.4 is 10.6 Å². The summed E-state index contributed by atoms with van der Waals surface area (Å²) in [5.41, 5.74) is 4.22. The third kappa shape index (κ3) is 7.22. The van der Waals surface area contributed by atoms with E-state index >= 15 is 0 Å². The summed E-state index contributed by atoms with van der Waals surface area (Å²) in [6.45, 7) is 7.15. The fourth-order valence-corrected chi connectivity index (χ4v) is 6.02. The maximum atomic E-state index is 12.6. The van der Waals surface area contributed by atoms with Crippen molar-refractivity contribution in [2.75, 3.05) is 19.8 Å². The van der Waals surface area contributed by atoms with E-state index in [-0.39, 0.29) is 38.5 Å². The lowest BCUT2D eigenvalue weighted by Gasteiger charge is -2.26. The first-order valence-corrected chi connectivity index (χ1v) is 14.8. The van der Waals surface area contributed by atoms with Crippen molar-refractivity contribution in [3.63, 3.8) is 0 Å². The Bertz CT molecular complexity index is 1330. The number of fused-ring (bicyclic) bond motifs is 3. The SMILES string of the molecule is CC1(C)O[C@H]([C@@H](O)CNC(=O)CC[C@H](NC(=O)OCC2c3ccccc3-c3ccccc32)C(=O)O)[C@@H]([C@H]2COC(C)(C)O2)O1. The highest BCUT2D eigenvalue weighted by molar-refractivity contribution is 5.82. The zero-order valence-electron chi connectivity index (χ0n) is 25.3. The number of hydrogen-bond donors (Lipinski definition) is 4. The normalized spacial score (nSPS) is 24.6. The molecule has 0 bridgehead atoms. The van der Waals surface area contributed by atoms with E-state index < -0.39 is 60.0 Å². The van der Waals surface area contributed by atoms with Crippen molar-refractivity contribution in [2.24, 2.45) is 0 Å². The Balaban J connectivity index is 1.09. The predicted octanol–water partition coefficient (Wildman–Crippen LogP) is 2.91. The van der Waals surface area contributed by atoms with Gasteiger partial charge in [-0.25, -0.2) is 9.59 Å². The first-order valence-electron chi connectivity index (χ1n) is 14.8. The lowest BCUT2D eigenvalue weighted by molar-refractivity contribution is -0.175. The van der Waals surface area contributed by atoms with E-state index in [4.69, 9.17) is 23.7 Å². The van der Waals surface area contributed by atoms with Gasteiger partial charge in [-0.15, -0.1) is 0 Å². The minimum atomic E-state index is -1.35. The van der Waals surface area contributed by atoms with E-state index in [1.165, 1.54) is 0 Å². The summed E-state index contributed by atoms with van der Waals surface area (Å²) in [6, 6.07) is 14.4. The van der Waals surface area contributed by atoms with E-state index in [0.29, 0.717) is 0 Å². The molecule has 0 saturated carbocycles. The van der Waals surface area contributed by atoms with Gasteiger partial charge >= 0.3 is 12.1 Å². The maximum absolute atomic E-state index is 12.6. The van der Waals surface area contributed by atoms with E-state index in [2.05, 4.69) is 10.6 Å². The Morgan fingerprint density at radius 3 is 2.18 bits per heavy atom. The van der Waals surface area contributed by atoms with E-state index in [9.17, 15) is 24.6 Å². The summed E-state index contributed by atoms with van der Waals surface area (Å²) >= 11 is 0.